The summed E-state index contributed by atoms with van der Waals surface area (Å²) in [6.45, 7) is 2.59. The molecule has 3 heterocycles. The van der Waals surface area contributed by atoms with E-state index in [0.717, 1.165) is 23.0 Å². The van der Waals surface area contributed by atoms with Crippen LogP contribution >= 0.6 is 11.3 Å². The minimum atomic E-state index is -0.680. The van der Waals surface area contributed by atoms with E-state index in [9.17, 15) is 5.11 Å². The zero-order chi connectivity index (χ0) is 14.9. The van der Waals surface area contributed by atoms with E-state index in [1.165, 1.54) is 0 Å². The van der Waals surface area contributed by atoms with Crippen molar-refractivity contribution in [3.63, 3.8) is 0 Å². The third-order valence-electron chi connectivity index (χ3n) is 4.00. The van der Waals surface area contributed by atoms with Crippen molar-refractivity contribution in [2.24, 2.45) is 0 Å². The molecule has 1 aliphatic rings. The number of ether oxygens (including phenoxy) is 1. The van der Waals surface area contributed by atoms with Crippen molar-refractivity contribution in [1.82, 2.24) is 14.7 Å². The predicted octanol–water partition coefficient (Wildman–Crippen LogP) is 1.09. The van der Waals surface area contributed by atoms with Crippen LogP contribution in [0, 0.1) is 0 Å². The van der Waals surface area contributed by atoms with E-state index in [-0.39, 0.29) is 0 Å². The Labute approximate surface area is 128 Å². The van der Waals surface area contributed by atoms with Gasteiger partial charge in [-0.2, -0.15) is 0 Å². The molecule has 116 valence electrons. The van der Waals surface area contributed by atoms with Gasteiger partial charge in [0.15, 0.2) is 10.8 Å². The van der Waals surface area contributed by atoms with Crippen molar-refractivity contribution in [1.29, 1.82) is 0 Å². The molecule has 2 aromatic heterocycles. The van der Waals surface area contributed by atoms with Crippen LogP contribution in [0.1, 0.15) is 18.5 Å². The lowest BCUT2D eigenvalue weighted by molar-refractivity contribution is -0.0573. The van der Waals surface area contributed by atoms with Gasteiger partial charge in [-0.25, -0.2) is 4.98 Å². The predicted molar refractivity (Wildman–Crippen MR) is 84.1 cm³/mol. The van der Waals surface area contributed by atoms with Crippen LogP contribution in [0.3, 0.4) is 0 Å². The van der Waals surface area contributed by atoms with Crippen molar-refractivity contribution >= 4 is 22.1 Å². The maximum atomic E-state index is 10.7. The fourth-order valence-electron chi connectivity index (χ4n) is 2.88. The van der Waals surface area contributed by atoms with Crippen LogP contribution in [-0.4, -0.2) is 53.9 Å². The Balaban J connectivity index is 1.84. The molecule has 21 heavy (non-hydrogen) atoms. The van der Waals surface area contributed by atoms with Crippen LogP contribution in [0.25, 0.3) is 4.96 Å². The molecule has 0 unspecified atom stereocenters. The molecule has 0 amide bonds. The summed E-state index contributed by atoms with van der Waals surface area (Å²) in [5, 5.41) is 15.9. The normalized spacial score (nSPS) is 18.2. The summed E-state index contributed by atoms with van der Waals surface area (Å²) in [6, 6.07) is 0. The van der Waals surface area contributed by atoms with Gasteiger partial charge in [-0.1, -0.05) is 0 Å². The van der Waals surface area contributed by atoms with Gasteiger partial charge in [-0.3, -0.25) is 4.40 Å². The lowest BCUT2D eigenvalue weighted by atomic mass is 9.94. The Morgan fingerprint density at radius 3 is 3.00 bits per heavy atom. The molecule has 0 aromatic carbocycles. The molecule has 0 atom stereocenters. The van der Waals surface area contributed by atoms with Crippen molar-refractivity contribution in [2.75, 3.05) is 38.8 Å². The van der Waals surface area contributed by atoms with Crippen LogP contribution in [0.2, 0.25) is 0 Å². The van der Waals surface area contributed by atoms with Gasteiger partial charge in [-0.15, -0.1) is 11.3 Å². The standard InChI is InChI=1S/C14H22N4O2S/c1-15-9-11-12(16-13-18(11)5-8-21-13)17(2)10-14(19)3-6-20-7-4-14/h5,8,15,19H,3-4,6-7,9-10H2,1-2H3. The van der Waals surface area contributed by atoms with E-state index in [1.807, 2.05) is 25.7 Å². The first-order chi connectivity index (χ1) is 10.1. The molecule has 1 aliphatic heterocycles. The highest BCUT2D eigenvalue weighted by molar-refractivity contribution is 7.15. The van der Waals surface area contributed by atoms with E-state index in [4.69, 9.17) is 9.72 Å². The molecule has 2 N–H and O–H groups in total. The number of imidazole rings is 1. The minimum absolute atomic E-state index is 0.581. The molecule has 6 nitrogen and oxygen atoms in total. The zero-order valence-corrected chi connectivity index (χ0v) is 13.3. The van der Waals surface area contributed by atoms with Crippen molar-refractivity contribution < 1.29 is 9.84 Å². The summed E-state index contributed by atoms with van der Waals surface area (Å²) >= 11 is 1.63. The molecule has 0 aliphatic carbocycles. The van der Waals surface area contributed by atoms with E-state index >= 15 is 0 Å². The summed E-state index contributed by atoms with van der Waals surface area (Å²) in [4.78, 5) is 7.77. The van der Waals surface area contributed by atoms with Crippen LogP contribution in [0.5, 0.6) is 0 Å². The average molecular weight is 310 g/mol. The first-order valence-electron chi connectivity index (χ1n) is 7.23. The topological polar surface area (TPSA) is 62.0 Å². The van der Waals surface area contributed by atoms with Gasteiger partial charge in [-0.05, 0) is 7.05 Å². The number of hydrogen-bond donors (Lipinski definition) is 2. The number of anilines is 1. The molecule has 0 saturated carbocycles. The monoisotopic (exact) mass is 310 g/mol. The second-order valence-electron chi connectivity index (χ2n) is 5.66. The summed E-state index contributed by atoms with van der Waals surface area (Å²) in [7, 11) is 3.93. The third kappa shape index (κ3) is 2.91. The number of aromatic nitrogens is 2. The SMILES string of the molecule is CNCc1c(N(C)CC2(O)CCOCC2)nc2sccn12. The first kappa shape index (κ1) is 14.8. The lowest BCUT2D eigenvalue weighted by Crippen LogP contribution is -2.46. The van der Waals surface area contributed by atoms with Crippen LogP contribution in [-0.2, 0) is 11.3 Å². The molecule has 0 spiro atoms. The van der Waals surface area contributed by atoms with Gasteiger partial charge in [0.05, 0.1) is 11.3 Å². The number of hydrogen-bond acceptors (Lipinski definition) is 6. The maximum Gasteiger partial charge on any atom is 0.195 e. The van der Waals surface area contributed by atoms with Crippen LogP contribution in [0.15, 0.2) is 11.6 Å². The number of thiazole rings is 1. The van der Waals surface area contributed by atoms with Crippen molar-refractivity contribution in [3.05, 3.63) is 17.3 Å². The second kappa shape index (κ2) is 5.92. The highest BCUT2D eigenvalue weighted by Crippen LogP contribution is 2.27. The maximum absolute atomic E-state index is 10.7. The second-order valence-corrected chi connectivity index (χ2v) is 6.53. The van der Waals surface area contributed by atoms with Gasteiger partial charge in [0.2, 0.25) is 0 Å². The number of aliphatic hydroxyl groups is 1. The van der Waals surface area contributed by atoms with Gasteiger partial charge < -0.3 is 20.1 Å². The summed E-state index contributed by atoms with van der Waals surface area (Å²) in [5.74, 6) is 0.941. The molecule has 3 rings (SSSR count). The highest BCUT2D eigenvalue weighted by atomic mass is 32.1. The number of rotatable bonds is 5. The summed E-state index contributed by atoms with van der Waals surface area (Å²) < 4.78 is 7.46. The summed E-state index contributed by atoms with van der Waals surface area (Å²) in [6.07, 6.45) is 3.40. The third-order valence-corrected chi connectivity index (χ3v) is 4.76. The van der Waals surface area contributed by atoms with Crippen molar-refractivity contribution in [2.45, 2.75) is 25.0 Å². The molecule has 1 saturated heterocycles. The fourth-order valence-corrected chi connectivity index (χ4v) is 3.61. The Hall–Kier alpha value is -1.15. The first-order valence-corrected chi connectivity index (χ1v) is 8.11. The van der Waals surface area contributed by atoms with Gasteiger partial charge in [0.25, 0.3) is 0 Å². The zero-order valence-electron chi connectivity index (χ0n) is 12.5. The number of likely N-dealkylation sites (N-methyl/N-ethyl adjacent to an activating group) is 1. The quantitative estimate of drug-likeness (QED) is 0.866. The number of fused-ring (bicyclic) bond motifs is 1. The highest BCUT2D eigenvalue weighted by Gasteiger charge is 2.32. The minimum Gasteiger partial charge on any atom is -0.388 e. The van der Waals surface area contributed by atoms with E-state index in [0.29, 0.717) is 32.6 Å². The number of nitrogens with zero attached hydrogens (tertiary/aromatic N) is 3. The fraction of sp³-hybridized carbons (Fsp3) is 0.643. The average Bonchev–Trinajstić information content (AvgIpc) is 3.02. The van der Waals surface area contributed by atoms with Gasteiger partial charge in [0.1, 0.15) is 0 Å². The Kier molecular flexibility index (Phi) is 4.17. The smallest absolute Gasteiger partial charge is 0.195 e. The Bertz CT molecular complexity index is 603. The molecule has 1 fully saturated rings. The van der Waals surface area contributed by atoms with Gasteiger partial charge in [0, 0.05) is 57.8 Å². The molecular weight excluding hydrogens is 288 g/mol. The van der Waals surface area contributed by atoms with Crippen LogP contribution in [0.4, 0.5) is 5.82 Å². The molecule has 7 heteroatoms. The van der Waals surface area contributed by atoms with E-state index < -0.39 is 5.60 Å². The molecule has 0 bridgehead atoms. The number of nitrogens with one attached hydrogen (secondary N) is 1. The Morgan fingerprint density at radius 1 is 1.52 bits per heavy atom. The molecular formula is C14H22N4O2S. The molecule has 2 aromatic rings. The van der Waals surface area contributed by atoms with E-state index in [2.05, 4.69) is 14.6 Å². The van der Waals surface area contributed by atoms with E-state index in [1.54, 1.807) is 11.3 Å². The van der Waals surface area contributed by atoms with Gasteiger partial charge >= 0.3 is 0 Å². The largest absolute Gasteiger partial charge is 0.388 e. The molecule has 0 radical (unpaired) electrons. The Morgan fingerprint density at radius 2 is 2.29 bits per heavy atom. The van der Waals surface area contributed by atoms with Crippen molar-refractivity contribution in [3.8, 4) is 0 Å². The summed E-state index contributed by atoms with van der Waals surface area (Å²) in [5.41, 5.74) is 0.452. The van der Waals surface area contributed by atoms with Crippen LogP contribution < -0.4 is 10.2 Å². The lowest BCUT2D eigenvalue weighted by Gasteiger charge is -2.35.